The minimum absolute atomic E-state index is 0.407. The topological polar surface area (TPSA) is 63.6 Å². The number of hydrogen-bond acceptors (Lipinski definition) is 4. The Morgan fingerprint density at radius 1 is 0.721 bits per heavy atom. The van der Waals surface area contributed by atoms with Gasteiger partial charge >= 0.3 is 5.97 Å². The number of allylic oxidation sites excluding steroid dienone is 4. The summed E-state index contributed by atoms with van der Waals surface area (Å²) in [5.41, 5.74) is 0.967. The summed E-state index contributed by atoms with van der Waals surface area (Å²) in [5.74, 6) is -1.36. The third-order valence-electron chi connectivity index (χ3n) is 5.59. The number of rotatable bonds is 15. The molecule has 2 unspecified atom stereocenters. The molecule has 43 heavy (non-hydrogen) atoms. The molecule has 0 saturated carbocycles. The van der Waals surface area contributed by atoms with Crippen molar-refractivity contribution in [2.75, 3.05) is 0 Å². The van der Waals surface area contributed by atoms with Crippen molar-refractivity contribution >= 4 is 22.8 Å². The molecule has 0 radical (unpaired) electrons. The third-order valence-corrected chi connectivity index (χ3v) is 5.81. The smallest absolute Gasteiger partial charge is 0.339 e. The molecular formula is C36H47ClF2O4. The molecule has 236 valence electrons. The van der Waals surface area contributed by atoms with Crippen molar-refractivity contribution in [3.05, 3.63) is 120 Å². The van der Waals surface area contributed by atoms with Crippen molar-refractivity contribution in [1.82, 2.24) is 0 Å². The van der Waals surface area contributed by atoms with Gasteiger partial charge in [-0.1, -0.05) is 120 Å². The lowest BCUT2D eigenvalue weighted by atomic mass is 10.2. The van der Waals surface area contributed by atoms with Gasteiger partial charge in [0.15, 0.2) is 6.10 Å². The molecule has 2 aromatic rings. The Bertz CT molecular complexity index is 1130. The van der Waals surface area contributed by atoms with Gasteiger partial charge in [0, 0.05) is 5.56 Å². The lowest BCUT2D eigenvalue weighted by molar-refractivity contribution is 0.0415. The maximum absolute atomic E-state index is 14.1. The van der Waals surface area contributed by atoms with E-state index in [0.29, 0.717) is 24.0 Å². The normalized spacial score (nSPS) is 13.0. The van der Waals surface area contributed by atoms with Crippen LogP contribution in [-0.4, -0.2) is 28.5 Å². The van der Waals surface area contributed by atoms with Gasteiger partial charge in [-0.05, 0) is 67.6 Å². The molecule has 0 aromatic heterocycles. The fourth-order valence-corrected chi connectivity index (χ4v) is 3.31. The SMILES string of the molecule is CCC/C=C\C(O)/C(F)=C\CCC.CCC/C=C\C(OC(=O)c1ccccc1)/C(F)=C\CCC.O=C(Cl)c1ccccc1. The van der Waals surface area contributed by atoms with Gasteiger partial charge in [-0.3, -0.25) is 4.79 Å². The summed E-state index contributed by atoms with van der Waals surface area (Å²) in [6.07, 6.45) is 14.5. The molecule has 0 spiro atoms. The Balaban J connectivity index is 0.000000680. The minimum Gasteiger partial charge on any atom is -0.447 e. The van der Waals surface area contributed by atoms with E-state index in [1.807, 2.05) is 52.0 Å². The first-order valence-electron chi connectivity index (χ1n) is 14.9. The number of carbonyl (C=O) groups excluding carboxylic acids is 2. The first-order valence-corrected chi connectivity index (χ1v) is 15.3. The molecule has 2 aromatic carbocycles. The molecule has 1 N–H and O–H groups in total. The number of benzene rings is 2. The number of carbonyl (C=O) groups is 2. The number of aliphatic hydroxyl groups is 1. The van der Waals surface area contributed by atoms with Crippen molar-refractivity contribution < 1.29 is 28.2 Å². The number of ether oxygens (including phenoxy) is 1. The zero-order valence-electron chi connectivity index (χ0n) is 25.9. The Kier molecular flexibility index (Phi) is 24.2. The Hall–Kier alpha value is -3.35. The van der Waals surface area contributed by atoms with Gasteiger partial charge in [-0.2, -0.15) is 0 Å². The van der Waals surface area contributed by atoms with Crippen molar-refractivity contribution in [2.24, 2.45) is 0 Å². The third kappa shape index (κ3) is 20.2. The van der Waals surface area contributed by atoms with Crippen LogP contribution in [0.5, 0.6) is 0 Å². The zero-order valence-corrected chi connectivity index (χ0v) is 26.6. The van der Waals surface area contributed by atoms with E-state index in [1.54, 1.807) is 54.6 Å². The zero-order chi connectivity index (χ0) is 32.3. The molecule has 7 heteroatoms. The van der Waals surface area contributed by atoms with Crippen LogP contribution in [0, 0.1) is 0 Å². The predicted molar refractivity (Wildman–Crippen MR) is 175 cm³/mol. The fraction of sp³-hybridized carbons (Fsp3) is 0.389. The van der Waals surface area contributed by atoms with Gasteiger partial charge < -0.3 is 9.84 Å². The Morgan fingerprint density at radius 3 is 1.60 bits per heavy atom. The minimum atomic E-state index is -1.04. The van der Waals surface area contributed by atoms with Gasteiger partial charge in [-0.15, -0.1) is 0 Å². The molecule has 0 amide bonds. The highest BCUT2D eigenvalue weighted by Gasteiger charge is 2.17. The van der Waals surface area contributed by atoms with Gasteiger partial charge in [-0.25, -0.2) is 13.6 Å². The highest BCUT2D eigenvalue weighted by atomic mass is 35.5. The molecule has 0 aliphatic heterocycles. The summed E-state index contributed by atoms with van der Waals surface area (Å²) in [6.45, 7) is 8.03. The second-order valence-electron chi connectivity index (χ2n) is 9.47. The molecular weight excluding hydrogens is 570 g/mol. The summed E-state index contributed by atoms with van der Waals surface area (Å²) in [4.78, 5) is 22.4. The first-order chi connectivity index (χ1) is 20.7. The van der Waals surface area contributed by atoms with E-state index in [4.69, 9.17) is 16.3 Å². The first kappa shape index (κ1) is 39.6. The van der Waals surface area contributed by atoms with E-state index in [-0.39, 0.29) is 0 Å². The maximum atomic E-state index is 14.1. The molecule has 0 aliphatic carbocycles. The van der Waals surface area contributed by atoms with Crippen LogP contribution in [0.4, 0.5) is 8.78 Å². The van der Waals surface area contributed by atoms with Crippen LogP contribution in [0.2, 0.25) is 0 Å². The van der Waals surface area contributed by atoms with Crippen molar-refractivity contribution in [2.45, 2.75) is 91.3 Å². The van der Waals surface area contributed by atoms with Gasteiger partial charge in [0.1, 0.15) is 17.8 Å². The number of esters is 1. The lowest BCUT2D eigenvalue weighted by Gasteiger charge is -2.13. The molecule has 0 aliphatic rings. The Labute approximate surface area is 261 Å². The van der Waals surface area contributed by atoms with Crippen LogP contribution in [0.15, 0.2) is 109 Å². The van der Waals surface area contributed by atoms with E-state index in [1.165, 1.54) is 18.2 Å². The number of aliphatic hydroxyl groups excluding tert-OH is 1. The van der Waals surface area contributed by atoms with Crippen LogP contribution in [-0.2, 0) is 4.74 Å². The number of unbranched alkanes of at least 4 members (excludes halogenated alkanes) is 4. The van der Waals surface area contributed by atoms with Crippen LogP contribution < -0.4 is 0 Å². The quantitative estimate of drug-likeness (QED) is 0.123. The average Bonchev–Trinajstić information content (AvgIpc) is 3.03. The van der Waals surface area contributed by atoms with Crippen molar-refractivity contribution in [3.63, 3.8) is 0 Å². The highest BCUT2D eigenvalue weighted by molar-refractivity contribution is 6.67. The van der Waals surface area contributed by atoms with Gasteiger partial charge in [0.05, 0.1) is 5.56 Å². The largest absolute Gasteiger partial charge is 0.447 e. The van der Waals surface area contributed by atoms with E-state index in [2.05, 4.69) is 0 Å². The molecule has 4 nitrogen and oxygen atoms in total. The second kappa shape index (κ2) is 26.3. The fourth-order valence-electron chi connectivity index (χ4n) is 3.19. The van der Waals surface area contributed by atoms with Crippen LogP contribution in [0.25, 0.3) is 0 Å². The predicted octanol–water partition coefficient (Wildman–Crippen LogP) is 10.6. The molecule has 0 heterocycles. The van der Waals surface area contributed by atoms with E-state index < -0.39 is 35.1 Å². The van der Waals surface area contributed by atoms with Crippen LogP contribution in [0.3, 0.4) is 0 Å². The lowest BCUT2D eigenvalue weighted by Crippen LogP contribution is -2.17. The van der Waals surface area contributed by atoms with E-state index in [0.717, 1.165) is 38.5 Å². The van der Waals surface area contributed by atoms with Crippen LogP contribution in [0.1, 0.15) is 99.8 Å². The summed E-state index contributed by atoms with van der Waals surface area (Å²) < 4.78 is 32.3. The number of hydrogen-bond donors (Lipinski definition) is 1. The van der Waals surface area contributed by atoms with Gasteiger partial charge in [0.25, 0.3) is 5.24 Å². The number of halogens is 3. The Morgan fingerprint density at radius 2 is 1.16 bits per heavy atom. The summed E-state index contributed by atoms with van der Waals surface area (Å²) in [5, 5.41) is 8.83. The molecule has 0 saturated heterocycles. The summed E-state index contributed by atoms with van der Waals surface area (Å²) in [6, 6.07) is 17.4. The molecule has 0 bridgehead atoms. The molecule has 2 rings (SSSR count). The van der Waals surface area contributed by atoms with E-state index >= 15 is 0 Å². The summed E-state index contributed by atoms with van der Waals surface area (Å²) >= 11 is 5.16. The average molecular weight is 617 g/mol. The maximum Gasteiger partial charge on any atom is 0.339 e. The van der Waals surface area contributed by atoms with Crippen molar-refractivity contribution in [3.8, 4) is 0 Å². The van der Waals surface area contributed by atoms with Crippen LogP contribution >= 0.6 is 11.6 Å². The van der Waals surface area contributed by atoms with Crippen molar-refractivity contribution in [1.29, 1.82) is 0 Å². The molecule has 0 fully saturated rings. The summed E-state index contributed by atoms with van der Waals surface area (Å²) in [7, 11) is 0. The standard InChI is InChI=1S/C18H23FO2.C11H19FO.C7H5ClO/c1-3-5-8-14-17(16(19)13-6-4-2)21-18(20)15-11-9-7-10-12-15;1-3-5-7-9-11(13)10(12)8-6-4-2;8-7(9)6-4-2-1-3-5-6/h7-14,17H,3-6H2,1-2H3;7-9,11,13H,3-6H2,1-2H3;1-5H/b14-8-,16-13+;9-7-,10-8+;. The monoisotopic (exact) mass is 616 g/mol. The van der Waals surface area contributed by atoms with E-state index in [9.17, 15) is 23.5 Å². The van der Waals surface area contributed by atoms with Gasteiger partial charge in [0.2, 0.25) is 0 Å². The molecule has 2 atom stereocenters. The highest BCUT2D eigenvalue weighted by Crippen LogP contribution is 2.15. The second-order valence-corrected chi connectivity index (χ2v) is 9.81.